The van der Waals surface area contributed by atoms with Crippen LogP contribution in [-0.2, 0) is 9.47 Å². The van der Waals surface area contributed by atoms with E-state index in [1.165, 1.54) is 26.0 Å². The van der Waals surface area contributed by atoms with Crippen molar-refractivity contribution >= 4 is 21.9 Å². The molecule has 0 bridgehead atoms. The van der Waals surface area contributed by atoms with Crippen LogP contribution in [0.15, 0.2) is 79.1 Å². The van der Waals surface area contributed by atoms with Crippen LogP contribution < -0.4 is 20.3 Å². The number of phenolic OH excluding ortho intramolecular Hbond substituents is 8. The molecule has 8 rings (SSSR count). The summed E-state index contributed by atoms with van der Waals surface area (Å²) in [6, 6.07) is 11.0. The Kier molecular flexibility index (Phi) is 12.1. The Balaban J connectivity index is 0.000000191. The number of fused-ring (bicyclic) bond motifs is 2. The van der Waals surface area contributed by atoms with Crippen LogP contribution in [0.3, 0.4) is 0 Å². The first-order valence-corrected chi connectivity index (χ1v) is 19.0. The lowest BCUT2D eigenvalue weighted by Gasteiger charge is -2.38. The van der Waals surface area contributed by atoms with Crippen LogP contribution >= 0.6 is 0 Å². The van der Waals surface area contributed by atoms with Gasteiger partial charge in [0.2, 0.25) is 34.9 Å². The molecule has 2 aliphatic rings. The third-order valence-corrected chi connectivity index (χ3v) is 10.4. The van der Waals surface area contributed by atoms with Crippen molar-refractivity contribution < 1.29 is 99.3 Å². The van der Waals surface area contributed by atoms with Gasteiger partial charge in [-0.3, -0.25) is 9.59 Å². The number of benzene rings is 4. The zero-order valence-corrected chi connectivity index (χ0v) is 33.1. The lowest BCUT2D eigenvalue weighted by atomic mass is 10.00. The van der Waals surface area contributed by atoms with E-state index in [2.05, 4.69) is 0 Å². The molecule has 6 aromatic rings. The van der Waals surface area contributed by atoms with Crippen LogP contribution in [0.5, 0.6) is 57.5 Å². The number of aliphatic hydroxyl groups is 6. The molecule has 0 spiro atoms. The SMILES string of the molecule is C[C@@H]1O[C@@H](Oc2c(-c3ccc(O)c(O)c3)oc3cc(O)cc(O)c3c2=O)[C@H](O)[C@H](O)[C@H]1O.C[C@@H]1O[C@@H](Oc2c(-c3ccc(O)c(O)c3)oc3cc(O)cc(O)c3c2=O)[C@H](O)[C@H](O)[C@H]1O. The highest BCUT2D eigenvalue weighted by molar-refractivity contribution is 5.89. The molecule has 0 aliphatic carbocycles. The van der Waals surface area contributed by atoms with Gasteiger partial charge in [0.05, 0.1) is 12.2 Å². The van der Waals surface area contributed by atoms with E-state index in [1.807, 2.05) is 0 Å². The van der Waals surface area contributed by atoms with Crippen LogP contribution in [0.25, 0.3) is 44.6 Å². The molecule has 10 atom stereocenters. The fourth-order valence-corrected chi connectivity index (χ4v) is 6.91. The number of phenols is 8. The fraction of sp³-hybridized carbons (Fsp3) is 0.286. The van der Waals surface area contributed by atoms with Gasteiger partial charge in [-0.1, -0.05) is 0 Å². The molecule has 64 heavy (non-hydrogen) atoms. The van der Waals surface area contributed by atoms with Gasteiger partial charge in [0.1, 0.15) is 81.6 Å². The molecule has 0 amide bonds. The Bertz CT molecular complexity index is 2660. The zero-order valence-electron chi connectivity index (χ0n) is 33.1. The average Bonchev–Trinajstić information content (AvgIpc) is 3.23. The molecule has 2 aromatic heterocycles. The molecule has 0 unspecified atom stereocenters. The fourth-order valence-electron chi connectivity index (χ4n) is 6.91. The minimum Gasteiger partial charge on any atom is -0.508 e. The number of aromatic hydroxyl groups is 8. The lowest BCUT2D eigenvalue weighted by molar-refractivity contribution is -0.268. The Labute approximate surface area is 357 Å². The van der Waals surface area contributed by atoms with Crippen molar-refractivity contribution in [2.24, 2.45) is 0 Å². The molecular weight excluding hydrogens is 856 g/mol. The summed E-state index contributed by atoms with van der Waals surface area (Å²) in [6.07, 6.45) is -14.7. The largest absolute Gasteiger partial charge is 0.508 e. The topological polar surface area (TPSA) is 381 Å². The monoisotopic (exact) mass is 896 g/mol. The summed E-state index contributed by atoms with van der Waals surface area (Å²) in [6.45, 7) is 2.85. The molecule has 22 nitrogen and oxygen atoms in total. The first-order valence-electron chi connectivity index (χ1n) is 19.0. The summed E-state index contributed by atoms with van der Waals surface area (Å²) in [5.74, 6) is -5.59. The molecule has 22 heteroatoms. The summed E-state index contributed by atoms with van der Waals surface area (Å²) >= 11 is 0. The molecule has 2 fully saturated rings. The van der Waals surface area contributed by atoms with Crippen molar-refractivity contribution in [3.05, 3.63) is 81.1 Å². The maximum absolute atomic E-state index is 13.2. The van der Waals surface area contributed by atoms with Gasteiger partial charge in [-0.25, -0.2) is 0 Å². The Morgan fingerprint density at radius 2 is 0.797 bits per heavy atom. The molecule has 0 saturated carbocycles. The summed E-state index contributed by atoms with van der Waals surface area (Å²) < 4.78 is 33.3. The highest BCUT2D eigenvalue weighted by atomic mass is 16.7. The Morgan fingerprint density at radius 1 is 0.438 bits per heavy atom. The van der Waals surface area contributed by atoms with E-state index >= 15 is 0 Å². The Morgan fingerprint density at radius 3 is 1.14 bits per heavy atom. The van der Waals surface area contributed by atoms with E-state index in [9.17, 15) is 81.1 Å². The second kappa shape index (κ2) is 17.3. The molecule has 2 saturated heterocycles. The van der Waals surface area contributed by atoms with Crippen molar-refractivity contribution in [3.63, 3.8) is 0 Å². The summed E-state index contributed by atoms with van der Waals surface area (Å²) in [5.41, 5.74) is -2.11. The molecule has 14 N–H and O–H groups in total. The van der Waals surface area contributed by atoms with Crippen LogP contribution in [0.2, 0.25) is 0 Å². The van der Waals surface area contributed by atoms with Gasteiger partial charge >= 0.3 is 0 Å². The van der Waals surface area contributed by atoms with Crippen LogP contribution in [0.4, 0.5) is 0 Å². The Hall–Kier alpha value is -7.02. The van der Waals surface area contributed by atoms with Gasteiger partial charge in [-0.2, -0.15) is 0 Å². The predicted octanol–water partition coefficient (Wildman–Crippen LogP) is 0.977. The number of hydrogen-bond donors (Lipinski definition) is 14. The number of hydrogen-bond acceptors (Lipinski definition) is 22. The lowest BCUT2D eigenvalue weighted by Crippen LogP contribution is -2.58. The highest BCUT2D eigenvalue weighted by Gasteiger charge is 2.45. The summed E-state index contributed by atoms with van der Waals surface area (Å²) in [5, 5.41) is 138. The van der Waals surface area contributed by atoms with Crippen molar-refractivity contribution in [2.75, 3.05) is 0 Å². The van der Waals surface area contributed by atoms with Crippen molar-refractivity contribution in [2.45, 2.75) is 75.3 Å². The van der Waals surface area contributed by atoms with Crippen molar-refractivity contribution in [1.82, 2.24) is 0 Å². The van der Waals surface area contributed by atoms with Gasteiger partial charge in [-0.05, 0) is 50.2 Å². The second-order valence-electron chi connectivity index (χ2n) is 14.9. The molecule has 340 valence electrons. The van der Waals surface area contributed by atoms with E-state index in [1.54, 1.807) is 0 Å². The number of aliphatic hydroxyl groups excluding tert-OH is 6. The quantitative estimate of drug-likeness (QED) is 0.104. The average molecular weight is 897 g/mol. The minimum atomic E-state index is -1.74. The summed E-state index contributed by atoms with van der Waals surface area (Å²) in [4.78, 5) is 26.5. The maximum Gasteiger partial charge on any atom is 0.239 e. The number of ether oxygens (including phenoxy) is 4. The molecule has 4 heterocycles. The molecule has 4 aromatic carbocycles. The first-order chi connectivity index (χ1) is 30.2. The third-order valence-electron chi connectivity index (χ3n) is 10.4. The maximum atomic E-state index is 13.2. The molecule has 2 aliphatic heterocycles. The van der Waals surface area contributed by atoms with Crippen molar-refractivity contribution in [1.29, 1.82) is 0 Å². The second-order valence-corrected chi connectivity index (χ2v) is 14.9. The van der Waals surface area contributed by atoms with Crippen LogP contribution in [0, 0.1) is 0 Å². The standard InChI is InChI=1S/2C21H20O11/c2*1-7-15(26)17(28)18(29)21(30-7)32-20-16(27)14-12(25)5-9(22)6-13(14)31-19(20)8-2-3-10(23)11(24)4-8/h2*2-7,15,17-18,21-26,28-29H,1H3/t2*7-,15-,17+,18+,21-/m00/s1. The molecular formula is C42H40O22. The smallest absolute Gasteiger partial charge is 0.239 e. The third kappa shape index (κ3) is 8.29. The van der Waals surface area contributed by atoms with E-state index in [0.717, 1.165) is 48.5 Å². The first kappa shape index (κ1) is 45.0. The zero-order chi connectivity index (χ0) is 46.6. The number of rotatable bonds is 6. The van der Waals surface area contributed by atoms with E-state index < -0.39 is 118 Å². The molecule has 0 radical (unpaired) electrons. The van der Waals surface area contributed by atoms with Gasteiger partial charge in [0.15, 0.2) is 34.5 Å². The van der Waals surface area contributed by atoms with Crippen LogP contribution in [0.1, 0.15) is 13.8 Å². The van der Waals surface area contributed by atoms with Gasteiger partial charge < -0.3 is 99.3 Å². The normalized spacial score (nSPS) is 25.7. The van der Waals surface area contributed by atoms with E-state index in [4.69, 9.17) is 27.8 Å². The minimum absolute atomic E-state index is 0.0658. The van der Waals surface area contributed by atoms with E-state index in [-0.39, 0.29) is 56.1 Å². The predicted molar refractivity (Wildman–Crippen MR) is 215 cm³/mol. The van der Waals surface area contributed by atoms with Crippen molar-refractivity contribution in [3.8, 4) is 80.1 Å². The van der Waals surface area contributed by atoms with Gasteiger partial charge in [0.25, 0.3) is 0 Å². The summed E-state index contributed by atoms with van der Waals surface area (Å²) in [7, 11) is 0. The highest BCUT2D eigenvalue weighted by Crippen LogP contribution is 2.41. The van der Waals surface area contributed by atoms with Gasteiger partial charge in [0, 0.05) is 35.4 Å². The van der Waals surface area contributed by atoms with Gasteiger partial charge in [-0.15, -0.1) is 0 Å². The van der Waals surface area contributed by atoms with E-state index in [0.29, 0.717) is 0 Å². The van der Waals surface area contributed by atoms with Crippen LogP contribution in [-0.4, -0.2) is 133 Å².